The molecule has 0 bridgehead atoms. The molecule has 4 heteroatoms. The summed E-state index contributed by atoms with van der Waals surface area (Å²) < 4.78 is 0. The highest BCUT2D eigenvalue weighted by atomic mass is 16.3. The Morgan fingerprint density at radius 3 is 2.18 bits per heavy atom. The molecule has 0 aromatic carbocycles. The van der Waals surface area contributed by atoms with Gasteiger partial charge in [0.25, 0.3) is 0 Å². The summed E-state index contributed by atoms with van der Waals surface area (Å²) in [6.45, 7) is 1.10. The Morgan fingerprint density at radius 1 is 1.27 bits per heavy atom. The molecule has 0 aliphatic rings. The van der Waals surface area contributed by atoms with Crippen LogP contribution in [0.1, 0.15) is 19.8 Å². The monoisotopic (exact) mass is 164 g/mol. The van der Waals surface area contributed by atoms with Gasteiger partial charge in [0.2, 0.25) is 0 Å². The van der Waals surface area contributed by atoms with E-state index in [0.717, 1.165) is 0 Å². The summed E-state index contributed by atoms with van der Waals surface area (Å²) in [6, 6.07) is 0. The molecule has 2 unspecified atom stereocenters. The SMILES string of the molecule is CC(O)(CCO)C(O)CCO. The Bertz CT molecular complexity index is 103. The van der Waals surface area contributed by atoms with E-state index in [-0.39, 0.29) is 26.1 Å². The lowest BCUT2D eigenvalue weighted by atomic mass is 9.93. The Labute approximate surface area is 66.1 Å². The van der Waals surface area contributed by atoms with Gasteiger partial charge in [0.05, 0.1) is 11.7 Å². The lowest BCUT2D eigenvalue weighted by molar-refractivity contribution is -0.0815. The average molecular weight is 164 g/mol. The van der Waals surface area contributed by atoms with Gasteiger partial charge in [0.1, 0.15) is 0 Å². The van der Waals surface area contributed by atoms with Gasteiger partial charge in [0, 0.05) is 19.6 Å². The second kappa shape index (κ2) is 4.66. The van der Waals surface area contributed by atoms with Crippen molar-refractivity contribution in [2.24, 2.45) is 0 Å². The van der Waals surface area contributed by atoms with E-state index < -0.39 is 11.7 Å². The number of hydrogen-bond donors (Lipinski definition) is 4. The van der Waals surface area contributed by atoms with E-state index >= 15 is 0 Å². The molecule has 0 aliphatic heterocycles. The van der Waals surface area contributed by atoms with Crippen LogP contribution in [-0.2, 0) is 0 Å². The molecule has 0 heterocycles. The summed E-state index contributed by atoms with van der Waals surface area (Å²) in [5, 5.41) is 35.5. The van der Waals surface area contributed by atoms with Crippen LogP contribution in [0.3, 0.4) is 0 Å². The second-order valence-electron chi connectivity index (χ2n) is 2.86. The first kappa shape index (κ1) is 10.8. The van der Waals surface area contributed by atoms with Crippen LogP contribution in [0.25, 0.3) is 0 Å². The van der Waals surface area contributed by atoms with Crippen LogP contribution in [0.4, 0.5) is 0 Å². The van der Waals surface area contributed by atoms with E-state index in [0.29, 0.717) is 0 Å². The van der Waals surface area contributed by atoms with Gasteiger partial charge in [0.15, 0.2) is 0 Å². The molecule has 0 aliphatic carbocycles. The Hall–Kier alpha value is -0.160. The minimum absolute atomic E-state index is 0.119. The van der Waals surface area contributed by atoms with E-state index in [4.69, 9.17) is 10.2 Å². The fraction of sp³-hybridized carbons (Fsp3) is 1.00. The third kappa shape index (κ3) is 3.67. The van der Waals surface area contributed by atoms with Crippen molar-refractivity contribution >= 4 is 0 Å². The van der Waals surface area contributed by atoms with E-state index in [9.17, 15) is 10.2 Å². The normalized spacial score (nSPS) is 19.4. The predicted molar refractivity (Wildman–Crippen MR) is 40.0 cm³/mol. The van der Waals surface area contributed by atoms with Crippen molar-refractivity contribution in [2.45, 2.75) is 31.5 Å². The first-order chi connectivity index (χ1) is 5.04. The molecule has 0 rings (SSSR count). The lowest BCUT2D eigenvalue weighted by Crippen LogP contribution is -2.40. The zero-order valence-electron chi connectivity index (χ0n) is 6.69. The number of hydrogen-bond acceptors (Lipinski definition) is 4. The zero-order valence-corrected chi connectivity index (χ0v) is 6.69. The minimum atomic E-state index is -1.29. The van der Waals surface area contributed by atoms with E-state index in [1.54, 1.807) is 0 Å². The minimum Gasteiger partial charge on any atom is -0.396 e. The topological polar surface area (TPSA) is 80.9 Å². The first-order valence-electron chi connectivity index (χ1n) is 3.66. The fourth-order valence-electron chi connectivity index (χ4n) is 0.826. The van der Waals surface area contributed by atoms with Crippen molar-refractivity contribution in [3.8, 4) is 0 Å². The highest BCUT2D eigenvalue weighted by molar-refractivity contribution is 4.80. The third-order valence-corrected chi connectivity index (χ3v) is 1.74. The molecular weight excluding hydrogens is 148 g/mol. The quantitative estimate of drug-likeness (QED) is 0.414. The largest absolute Gasteiger partial charge is 0.396 e. The molecule has 0 spiro atoms. The van der Waals surface area contributed by atoms with Crippen molar-refractivity contribution in [2.75, 3.05) is 13.2 Å². The summed E-state index contributed by atoms with van der Waals surface area (Å²) in [5.41, 5.74) is -1.29. The summed E-state index contributed by atoms with van der Waals surface area (Å²) in [6.07, 6.45) is -0.721. The van der Waals surface area contributed by atoms with Crippen LogP contribution in [0, 0.1) is 0 Å². The van der Waals surface area contributed by atoms with E-state index in [2.05, 4.69) is 0 Å². The van der Waals surface area contributed by atoms with Crippen LogP contribution >= 0.6 is 0 Å². The molecule has 0 saturated heterocycles. The first-order valence-corrected chi connectivity index (χ1v) is 3.66. The lowest BCUT2D eigenvalue weighted by Gasteiger charge is -2.27. The van der Waals surface area contributed by atoms with Crippen molar-refractivity contribution in [1.82, 2.24) is 0 Å². The number of aliphatic hydroxyl groups excluding tert-OH is 3. The van der Waals surface area contributed by atoms with Gasteiger partial charge in [-0.2, -0.15) is 0 Å². The Kier molecular flexibility index (Phi) is 4.60. The van der Waals surface area contributed by atoms with Gasteiger partial charge in [-0.15, -0.1) is 0 Å². The predicted octanol–water partition coefficient (Wildman–Crippen LogP) is -1.14. The molecular formula is C7H16O4. The van der Waals surface area contributed by atoms with E-state index in [1.165, 1.54) is 6.92 Å². The van der Waals surface area contributed by atoms with Crippen molar-refractivity contribution in [3.05, 3.63) is 0 Å². The molecule has 0 fully saturated rings. The second-order valence-corrected chi connectivity index (χ2v) is 2.86. The van der Waals surface area contributed by atoms with Gasteiger partial charge in [-0.1, -0.05) is 0 Å². The fourth-order valence-corrected chi connectivity index (χ4v) is 0.826. The average Bonchev–Trinajstić information content (AvgIpc) is 1.88. The van der Waals surface area contributed by atoms with Gasteiger partial charge in [-0.3, -0.25) is 0 Å². The molecule has 0 saturated carbocycles. The maximum absolute atomic E-state index is 9.39. The summed E-state index contributed by atoms with van der Waals surface area (Å²) in [7, 11) is 0. The van der Waals surface area contributed by atoms with Crippen LogP contribution in [0.2, 0.25) is 0 Å². The van der Waals surface area contributed by atoms with Crippen molar-refractivity contribution < 1.29 is 20.4 Å². The maximum atomic E-state index is 9.39. The third-order valence-electron chi connectivity index (χ3n) is 1.74. The molecule has 4 nitrogen and oxygen atoms in total. The molecule has 0 aromatic heterocycles. The standard InChI is InChI=1S/C7H16O4/c1-7(11,3-5-9)6(10)2-4-8/h6,8-11H,2-5H2,1H3. The zero-order chi connectivity index (χ0) is 8.91. The molecule has 0 radical (unpaired) electrons. The van der Waals surface area contributed by atoms with Crippen LogP contribution in [0.5, 0.6) is 0 Å². The smallest absolute Gasteiger partial charge is 0.0900 e. The number of rotatable bonds is 5. The van der Waals surface area contributed by atoms with Crippen LogP contribution < -0.4 is 0 Å². The van der Waals surface area contributed by atoms with Crippen molar-refractivity contribution in [1.29, 1.82) is 0 Å². The summed E-state index contributed by atoms with van der Waals surface area (Å²) in [5.74, 6) is 0. The van der Waals surface area contributed by atoms with Gasteiger partial charge < -0.3 is 20.4 Å². The van der Waals surface area contributed by atoms with Crippen molar-refractivity contribution in [3.63, 3.8) is 0 Å². The summed E-state index contributed by atoms with van der Waals surface area (Å²) >= 11 is 0. The molecule has 4 N–H and O–H groups in total. The Morgan fingerprint density at radius 2 is 1.82 bits per heavy atom. The van der Waals surface area contributed by atoms with Gasteiger partial charge >= 0.3 is 0 Å². The van der Waals surface area contributed by atoms with Crippen LogP contribution in [-0.4, -0.2) is 45.3 Å². The summed E-state index contributed by atoms with van der Waals surface area (Å²) in [4.78, 5) is 0. The van der Waals surface area contributed by atoms with Gasteiger partial charge in [-0.25, -0.2) is 0 Å². The van der Waals surface area contributed by atoms with Crippen LogP contribution in [0.15, 0.2) is 0 Å². The molecule has 11 heavy (non-hydrogen) atoms. The molecule has 2 atom stereocenters. The highest BCUT2D eigenvalue weighted by Gasteiger charge is 2.28. The molecule has 68 valence electrons. The Balaban J connectivity index is 3.83. The number of aliphatic hydroxyl groups is 4. The van der Waals surface area contributed by atoms with E-state index in [1.807, 2.05) is 0 Å². The highest BCUT2D eigenvalue weighted by Crippen LogP contribution is 2.16. The molecule has 0 amide bonds. The maximum Gasteiger partial charge on any atom is 0.0900 e. The van der Waals surface area contributed by atoms with Gasteiger partial charge in [-0.05, 0) is 13.3 Å². The molecule has 0 aromatic rings.